The standard InChI is InChI=1S/C17H11ClN2S/c18-13-3-1-2-11(8-13)15-9-20-17-16(15)14(4-6-19-17)12-5-7-21-10-12/h1-10H,(H,19,20). The first kappa shape index (κ1) is 12.6. The van der Waals surface area contributed by atoms with E-state index in [1.54, 1.807) is 11.3 Å². The number of nitrogens with one attached hydrogen (secondary N) is 1. The second-order valence-electron chi connectivity index (χ2n) is 4.81. The molecule has 0 radical (unpaired) electrons. The maximum Gasteiger partial charge on any atom is 0.138 e. The van der Waals surface area contributed by atoms with Gasteiger partial charge in [-0.05, 0) is 51.7 Å². The molecule has 0 spiro atoms. The van der Waals surface area contributed by atoms with Crippen LogP contribution in [0.3, 0.4) is 0 Å². The zero-order valence-electron chi connectivity index (χ0n) is 11.0. The van der Waals surface area contributed by atoms with E-state index in [0.717, 1.165) is 27.2 Å². The first-order chi connectivity index (χ1) is 10.3. The highest BCUT2D eigenvalue weighted by molar-refractivity contribution is 7.08. The predicted molar refractivity (Wildman–Crippen MR) is 89.9 cm³/mol. The van der Waals surface area contributed by atoms with Gasteiger partial charge in [0.25, 0.3) is 0 Å². The highest BCUT2D eigenvalue weighted by Crippen LogP contribution is 2.36. The topological polar surface area (TPSA) is 28.7 Å². The summed E-state index contributed by atoms with van der Waals surface area (Å²) < 4.78 is 0. The van der Waals surface area contributed by atoms with Crippen LogP contribution in [0.4, 0.5) is 0 Å². The number of halogens is 1. The van der Waals surface area contributed by atoms with Gasteiger partial charge >= 0.3 is 0 Å². The summed E-state index contributed by atoms with van der Waals surface area (Å²) in [5.74, 6) is 0. The Labute approximate surface area is 131 Å². The minimum atomic E-state index is 0.739. The molecule has 0 fully saturated rings. The number of hydrogen-bond donors (Lipinski definition) is 1. The number of rotatable bonds is 2. The molecule has 102 valence electrons. The monoisotopic (exact) mass is 310 g/mol. The van der Waals surface area contributed by atoms with E-state index in [9.17, 15) is 0 Å². The van der Waals surface area contributed by atoms with E-state index >= 15 is 0 Å². The van der Waals surface area contributed by atoms with E-state index in [0.29, 0.717) is 0 Å². The largest absolute Gasteiger partial charge is 0.345 e. The number of thiophene rings is 1. The molecule has 3 aromatic heterocycles. The molecule has 0 aliphatic heterocycles. The van der Waals surface area contributed by atoms with Crippen LogP contribution in [0.5, 0.6) is 0 Å². The van der Waals surface area contributed by atoms with Gasteiger partial charge in [-0.2, -0.15) is 11.3 Å². The number of hydrogen-bond acceptors (Lipinski definition) is 2. The molecular weight excluding hydrogens is 300 g/mol. The van der Waals surface area contributed by atoms with Crippen LogP contribution in [0.2, 0.25) is 5.02 Å². The molecule has 3 heterocycles. The van der Waals surface area contributed by atoms with Crippen LogP contribution in [0.15, 0.2) is 59.6 Å². The fourth-order valence-corrected chi connectivity index (χ4v) is 3.44. The van der Waals surface area contributed by atoms with Crippen molar-refractivity contribution in [2.24, 2.45) is 0 Å². The van der Waals surface area contributed by atoms with Crippen LogP contribution in [-0.4, -0.2) is 9.97 Å². The van der Waals surface area contributed by atoms with Crippen LogP contribution in [0.25, 0.3) is 33.3 Å². The molecule has 0 saturated carbocycles. The van der Waals surface area contributed by atoms with Gasteiger partial charge in [0.15, 0.2) is 0 Å². The van der Waals surface area contributed by atoms with Gasteiger partial charge < -0.3 is 4.98 Å². The lowest BCUT2D eigenvalue weighted by molar-refractivity contribution is 1.33. The van der Waals surface area contributed by atoms with Gasteiger partial charge in [-0.25, -0.2) is 4.98 Å². The van der Waals surface area contributed by atoms with Crippen LogP contribution >= 0.6 is 22.9 Å². The van der Waals surface area contributed by atoms with Crippen molar-refractivity contribution in [1.29, 1.82) is 0 Å². The summed E-state index contributed by atoms with van der Waals surface area (Å²) in [6.07, 6.45) is 3.84. The molecule has 0 aliphatic carbocycles. The summed E-state index contributed by atoms with van der Waals surface area (Å²) >= 11 is 7.83. The van der Waals surface area contributed by atoms with Crippen molar-refractivity contribution in [3.05, 3.63) is 64.6 Å². The highest BCUT2D eigenvalue weighted by atomic mass is 35.5. The zero-order chi connectivity index (χ0) is 14.2. The number of nitrogens with zero attached hydrogens (tertiary/aromatic N) is 1. The molecule has 0 aliphatic rings. The van der Waals surface area contributed by atoms with E-state index in [1.165, 1.54) is 11.1 Å². The van der Waals surface area contributed by atoms with Gasteiger partial charge in [0, 0.05) is 28.4 Å². The second-order valence-corrected chi connectivity index (χ2v) is 6.02. The Balaban J connectivity index is 2.03. The van der Waals surface area contributed by atoms with Crippen molar-refractivity contribution in [2.45, 2.75) is 0 Å². The molecule has 1 N–H and O–H groups in total. The van der Waals surface area contributed by atoms with E-state index in [1.807, 2.05) is 30.6 Å². The average Bonchev–Trinajstić information content (AvgIpc) is 3.16. The number of pyridine rings is 1. The minimum Gasteiger partial charge on any atom is -0.345 e. The maximum atomic E-state index is 6.13. The maximum absolute atomic E-state index is 6.13. The third-order valence-electron chi connectivity index (χ3n) is 3.54. The molecule has 0 atom stereocenters. The fourth-order valence-electron chi connectivity index (χ4n) is 2.60. The lowest BCUT2D eigenvalue weighted by atomic mass is 10.00. The lowest BCUT2D eigenvalue weighted by Gasteiger charge is -2.05. The third kappa shape index (κ3) is 2.15. The predicted octanol–water partition coefficient (Wildman–Crippen LogP) is 5.61. The number of aromatic nitrogens is 2. The van der Waals surface area contributed by atoms with Gasteiger partial charge in [-0.3, -0.25) is 0 Å². The summed E-state index contributed by atoms with van der Waals surface area (Å²) in [5.41, 5.74) is 5.53. The summed E-state index contributed by atoms with van der Waals surface area (Å²) in [7, 11) is 0. The highest BCUT2D eigenvalue weighted by Gasteiger charge is 2.13. The summed E-state index contributed by atoms with van der Waals surface area (Å²) in [4.78, 5) is 7.69. The van der Waals surface area contributed by atoms with Gasteiger partial charge in [-0.15, -0.1) is 0 Å². The van der Waals surface area contributed by atoms with Crippen molar-refractivity contribution in [3.63, 3.8) is 0 Å². The van der Waals surface area contributed by atoms with Crippen LogP contribution in [0, 0.1) is 0 Å². The molecule has 0 amide bonds. The molecule has 2 nitrogen and oxygen atoms in total. The van der Waals surface area contributed by atoms with Gasteiger partial charge in [0.1, 0.15) is 5.65 Å². The lowest BCUT2D eigenvalue weighted by Crippen LogP contribution is -1.82. The summed E-state index contributed by atoms with van der Waals surface area (Å²) in [6, 6.07) is 12.1. The van der Waals surface area contributed by atoms with Gasteiger partial charge in [0.2, 0.25) is 0 Å². The SMILES string of the molecule is Clc1cccc(-c2c[nH]c3nccc(-c4ccsc4)c23)c1. The molecule has 4 heteroatoms. The molecule has 4 rings (SSSR count). The first-order valence-corrected chi connectivity index (χ1v) is 7.89. The molecule has 0 bridgehead atoms. The van der Waals surface area contributed by atoms with Crippen LogP contribution in [-0.2, 0) is 0 Å². The minimum absolute atomic E-state index is 0.739. The van der Waals surface area contributed by atoms with Crippen molar-refractivity contribution in [3.8, 4) is 22.3 Å². The van der Waals surface area contributed by atoms with E-state index in [2.05, 4.69) is 38.9 Å². The quantitative estimate of drug-likeness (QED) is 0.512. The Kier molecular flexibility index (Phi) is 3.02. The Morgan fingerprint density at radius 3 is 2.81 bits per heavy atom. The van der Waals surface area contributed by atoms with E-state index < -0.39 is 0 Å². The Morgan fingerprint density at radius 2 is 2.00 bits per heavy atom. The summed E-state index contributed by atoms with van der Waals surface area (Å²) in [5, 5.41) is 6.12. The normalized spacial score (nSPS) is 11.1. The summed E-state index contributed by atoms with van der Waals surface area (Å²) in [6.45, 7) is 0. The van der Waals surface area contributed by atoms with Crippen molar-refractivity contribution in [1.82, 2.24) is 9.97 Å². The Bertz CT molecular complexity index is 910. The van der Waals surface area contributed by atoms with Gasteiger partial charge in [-0.1, -0.05) is 23.7 Å². The number of fused-ring (bicyclic) bond motifs is 1. The number of H-pyrrole nitrogens is 1. The Hall–Kier alpha value is -2.10. The molecule has 4 aromatic rings. The molecule has 0 saturated heterocycles. The second kappa shape index (κ2) is 5.02. The number of aromatic amines is 1. The van der Waals surface area contributed by atoms with Crippen molar-refractivity contribution >= 4 is 34.0 Å². The Morgan fingerprint density at radius 1 is 1.05 bits per heavy atom. The average molecular weight is 311 g/mol. The van der Waals surface area contributed by atoms with E-state index in [4.69, 9.17) is 11.6 Å². The molecule has 1 aromatic carbocycles. The molecule has 0 unspecified atom stereocenters. The fraction of sp³-hybridized carbons (Fsp3) is 0. The van der Waals surface area contributed by atoms with Gasteiger partial charge in [0.05, 0.1) is 0 Å². The smallest absolute Gasteiger partial charge is 0.138 e. The van der Waals surface area contributed by atoms with Crippen molar-refractivity contribution in [2.75, 3.05) is 0 Å². The third-order valence-corrected chi connectivity index (χ3v) is 4.46. The van der Waals surface area contributed by atoms with Crippen LogP contribution in [0.1, 0.15) is 0 Å². The number of benzene rings is 1. The zero-order valence-corrected chi connectivity index (χ0v) is 12.6. The van der Waals surface area contributed by atoms with Crippen molar-refractivity contribution < 1.29 is 0 Å². The molecular formula is C17H11ClN2S. The first-order valence-electron chi connectivity index (χ1n) is 6.57. The van der Waals surface area contributed by atoms with E-state index in [-0.39, 0.29) is 0 Å². The molecule has 21 heavy (non-hydrogen) atoms. The van der Waals surface area contributed by atoms with Crippen LogP contribution < -0.4 is 0 Å².